The number of likely N-dealkylation sites (N-methyl/N-ethyl adjacent to an activating group) is 1. The summed E-state index contributed by atoms with van der Waals surface area (Å²) in [4.78, 5) is 35.4. The molecule has 9 nitrogen and oxygen atoms in total. The summed E-state index contributed by atoms with van der Waals surface area (Å²) < 4.78 is 34.2. The first-order chi connectivity index (χ1) is 28.0. The van der Waals surface area contributed by atoms with Gasteiger partial charge in [-0.2, -0.15) is 0 Å². The zero-order chi connectivity index (χ0) is 42.8. The lowest BCUT2D eigenvalue weighted by atomic mass is 10.1. The van der Waals surface area contributed by atoms with Crippen LogP contribution in [0.3, 0.4) is 0 Å². The molecular weight excluding hydrogens is 750 g/mol. The van der Waals surface area contributed by atoms with Crippen molar-refractivity contribution < 1.29 is 42.1 Å². The van der Waals surface area contributed by atoms with E-state index in [1.165, 1.54) is 0 Å². The normalized spacial score (nSPS) is 14.5. The topological polar surface area (TPSA) is 108 Å². The fourth-order valence-corrected chi connectivity index (χ4v) is 5.97. The molecule has 0 heterocycles. The molecule has 0 aliphatic rings. The summed E-state index contributed by atoms with van der Waals surface area (Å²) in [5, 5.41) is 0. The average Bonchev–Trinajstić information content (AvgIpc) is 3.17. The van der Waals surface area contributed by atoms with E-state index in [1.54, 1.807) is 0 Å². The summed E-state index contributed by atoms with van der Waals surface area (Å²) in [7, 11) is 1.42. The number of carbonyl (C=O) groups is 2. The molecule has 0 rings (SSSR count). The molecule has 0 amide bonds. The van der Waals surface area contributed by atoms with Crippen LogP contribution in [0.15, 0.2) is 97.2 Å². The Balaban J connectivity index is 4.48. The van der Waals surface area contributed by atoms with Gasteiger partial charge in [-0.05, 0) is 89.9 Å². The van der Waals surface area contributed by atoms with Gasteiger partial charge in [-0.15, -0.1) is 0 Å². The molecule has 0 saturated heterocycles. The first-order valence-corrected chi connectivity index (χ1v) is 23.5. The summed E-state index contributed by atoms with van der Waals surface area (Å²) in [6.07, 6.45) is 51.7. The van der Waals surface area contributed by atoms with Crippen LogP contribution in [0.5, 0.6) is 0 Å². The van der Waals surface area contributed by atoms with E-state index in [1.807, 2.05) is 21.1 Å². The first kappa shape index (κ1) is 54.9. The number of ether oxygens (including phenoxy) is 2. The van der Waals surface area contributed by atoms with Crippen molar-refractivity contribution in [1.29, 1.82) is 0 Å². The molecule has 1 N–H and O–H groups in total. The molecule has 0 aliphatic carbocycles. The van der Waals surface area contributed by atoms with Crippen LogP contribution in [0.4, 0.5) is 0 Å². The standard InChI is InChI=1S/C48H80NO8P/c1-6-8-10-12-14-16-18-20-22-23-24-25-27-29-31-33-35-37-39-41-48(51)57-46(45-56-58(52,53)55-43-42-49(3,4)5)44-54-47(50)40-38-36-34-32-30-28-26-21-19-17-15-13-11-9-7-2/h8-11,14-17,20-22,24-26,29,31,46H,6-7,12-13,18-19,23,27-28,30,32-45H2,1-5H3/p+1/b10-8-,11-9-,16-14-,17-15-,22-20-,25-24-,26-21-,31-29-. The summed E-state index contributed by atoms with van der Waals surface area (Å²) in [6.45, 7) is 4.11. The van der Waals surface area contributed by atoms with Crippen molar-refractivity contribution in [3.63, 3.8) is 0 Å². The van der Waals surface area contributed by atoms with Crippen LogP contribution in [0.2, 0.25) is 0 Å². The van der Waals surface area contributed by atoms with Crippen molar-refractivity contribution >= 4 is 19.8 Å². The molecule has 0 fully saturated rings. The summed E-state index contributed by atoms with van der Waals surface area (Å²) in [5.41, 5.74) is 0. The van der Waals surface area contributed by atoms with Crippen molar-refractivity contribution in [2.24, 2.45) is 0 Å². The molecule has 330 valence electrons. The molecule has 0 aromatic rings. The highest BCUT2D eigenvalue weighted by Crippen LogP contribution is 2.43. The Kier molecular flexibility index (Phi) is 37.3. The number of carbonyl (C=O) groups excluding carboxylic acids is 2. The van der Waals surface area contributed by atoms with Crippen LogP contribution < -0.4 is 0 Å². The molecule has 0 aromatic heterocycles. The molecule has 58 heavy (non-hydrogen) atoms. The minimum atomic E-state index is -4.40. The number of hydrogen-bond donors (Lipinski definition) is 1. The Labute approximate surface area is 353 Å². The van der Waals surface area contributed by atoms with E-state index in [4.69, 9.17) is 18.5 Å². The second kappa shape index (κ2) is 39.4. The number of rotatable bonds is 38. The quantitative estimate of drug-likeness (QED) is 0.0215. The van der Waals surface area contributed by atoms with Crippen LogP contribution >= 0.6 is 7.82 Å². The molecule has 0 bridgehead atoms. The maximum absolute atomic E-state index is 12.7. The van der Waals surface area contributed by atoms with Gasteiger partial charge in [-0.25, -0.2) is 4.57 Å². The summed E-state index contributed by atoms with van der Waals surface area (Å²) >= 11 is 0. The molecule has 0 saturated carbocycles. The lowest BCUT2D eigenvalue weighted by molar-refractivity contribution is -0.870. The first-order valence-electron chi connectivity index (χ1n) is 22.0. The number of phosphoric acid groups is 1. The Morgan fingerprint density at radius 1 is 0.534 bits per heavy atom. The number of quaternary nitrogens is 1. The largest absolute Gasteiger partial charge is 0.472 e. The van der Waals surface area contributed by atoms with Crippen LogP contribution in [0.1, 0.15) is 142 Å². The summed E-state index contributed by atoms with van der Waals surface area (Å²) in [6, 6.07) is 0. The average molecular weight is 831 g/mol. The molecule has 10 heteroatoms. The number of esters is 2. The van der Waals surface area contributed by atoms with E-state index in [-0.39, 0.29) is 26.1 Å². The zero-order valence-corrected chi connectivity index (χ0v) is 37.9. The van der Waals surface area contributed by atoms with Crippen molar-refractivity contribution in [2.75, 3.05) is 47.5 Å². The lowest BCUT2D eigenvalue weighted by Gasteiger charge is -2.24. The van der Waals surface area contributed by atoms with Gasteiger partial charge in [0, 0.05) is 12.8 Å². The predicted molar refractivity (Wildman–Crippen MR) is 242 cm³/mol. The second-order valence-corrected chi connectivity index (χ2v) is 16.8. The van der Waals surface area contributed by atoms with Gasteiger partial charge in [0.25, 0.3) is 0 Å². The van der Waals surface area contributed by atoms with Gasteiger partial charge < -0.3 is 18.9 Å². The van der Waals surface area contributed by atoms with Gasteiger partial charge in [0.05, 0.1) is 27.7 Å². The van der Waals surface area contributed by atoms with E-state index in [9.17, 15) is 19.0 Å². The van der Waals surface area contributed by atoms with Crippen molar-refractivity contribution in [2.45, 2.75) is 148 Å². The van der Waals surface area contributed by atoms with Crippen molar-refractivity contribution in [1.82, 2.24) is 0 Å². The molecule has 2 unspecified atom stereocenters. The third kappa shape index (κ3) is 42.5. The number of hydrogen-bond acceptors (Lipinski definition) is 7. The molecular formula is C48H81NO8P+. The fourth-order valence-electron chi connectivity index (χ4n) is 5.23. The van der Waals surface area contributed by atoms with E-state index in [2.05, 4.69) is 111 Å². The minimum absolute atomic E-state index is 0.0159. The number of allylic oxidation sites excluding steroid dienone is 16. The number of nitrogens with zero attached hydrogens (tertiary/aromatic N) is 1. The molecule has 0 aliphatic heterocycles. The van der Waals surface area contributed by atoms with Gasteiger partial charge in [0.15, 0.2) is 6.10 Å². The van der Waals surface area contributed by atoms with Crippen LogP contribution in [0, 0.1) is 0 Å². The highest BCUT2D eigenvalue weighted by Gasteiger charge is 2.27. The molecule has 0 spiro atoms. The van der Waals surface area contributed by atoms with Gasteiger partial charge in [0.2, 0.25) is 0 Å². The van der Waals surface area contributed by atoms with Crippen LogP contribution in [-0.4, -0.2) is 74.9 Å². The van der Waals surface area contributed by atoms with Crippen molar-refractivity contribution in [3.8, 4) is 0 Å². The third-order valence-corrected chi connectivity index (χ3v) is 9.59. The zero-order valence-electron chi connectivity index (χ0n) is 37.0. The minimum Gasteiger partial charge on any atom is -0.462 e. The fraction of sp³-hybridized carbons (Fsp3) is 0.625. The Morgan fingerprint density at radius 2 is 0.931 bits per heavy atom. The Hall–Kier alpha value is -3.07. The molecule has 0 aromatic carbocycles. The van der Waals surface area contributed by atoms with Crippen molar-refractivity contribution in [3.05, 3.63) is 97.2 Å². The molecule has 2 atom stereocenters. The number of phosphoric ester groups is 1. The maximum Gasteiger partial charge on any atom is 0.472 e. The van der Waals surface area contributed by atoms with E-state index < -0.39 is 32.5 Å². The van der Waals surface area contributed by atoms with E-state index >= 15 is 0 Å². The summed E-state index contributed by atoms with van der Waals surface area (Å²) in [5.74, 6) is -0.868. The van der Waals surface area contributed by atoms with E-state index in [0.29, 0.717) is 23.9 Å². The van der Waals surface area contributed by atoms with Gasteiger partial charge in [-0.1, -0.05) is 137 Å². The predicted octanol–water partition coefficient (Wildman–Crippen LogP) is 12.6. The van der Waals surface area contributed by atoms with Gasteiger partial charge in [0.1, 0.15) is 19.8 Å². The third-order valence-electron chi connectivity index (χ3n) is 8.61. The SMILES string of the molecule is CC/C=C\C/C=C\C/C=C\C/C=C\C/C=C\CCCCCC(=O)OC(COC(=O)CCCCCCC/C=C\C/C=C\C/C=C\CC)COP(=O)(O)OCC[N+](C)(C)C. The smallest absolute Gasteiger partial charge is 0.462 e. The van der Waals surface area contributed by atoms with Gasteiger partial charge in [-0.3, -0.25) is 18.6 Å². The monoisotopic (exact) mass is 831 g/mol. The maximum atomic E-state index is 12.7. The second-order valence-electron chi connectivity index (χ2n) is 15.3. The highest BCUT2D eigenvalue weighted by molar-refractivity contribution is 7.47. The molecule has 0 radical (unpaired) electrons. The lowest BCUT2D eigenvalue weighted by Crippen LogP contribution is -2.37. The van der Waals surface area contributed by atoms with Crippen LogP contribution in [0.25, 0.3) is 0 Å². The number of unbranched alkanes of at least 4 members (excludes halogenated alkanes) is 8. The highest BCUT2D eigenvalue weighted by atomic mass is 31.2. The van der Waals surface area contributed by atoms with Gasteiger partial charge >= 0.3 is 19.8 Å². The Morgan fingerprint density at radius 3 is 1.40 bits per heavy atom. The Bertz CT molecular complexity index is 1300. The van der Waals surface area contributed by atoms with E-state index in [0.717, 1.165) is 103 Å². The van der Waals surface area contributed by atoms with Crippen LogP contribution in [-0.2, 0) is 32.7 Å².